The van der Waals surface area contributed by atoms with E-state index in [1.165, 1.54) is 17.7 Å². The van der Waals surface area contributed by atoms with Crippen LogP contribution >= 0.6 is 0 Å². The summed E-state index contributed by atoms with van der Waals surface area (Å²) >= 11 is 0. The van der Waals surface area contributed by atoms with Crippen molar-refractivity contribution in [3.05, 3.63) is 71.3 Å². The molecule has 2 nitrogen and oxygen atoms in total. The zero-order valence-corrected chi connectivity index (χ0v) is 10.9. The molecular weight excluding hydrogens is 258 g/mol. The van der Waals surface area contributed by atoms with Crippen LogP contribution in [0.2, 0.25) is 0 Å². The van der Waals surface area contributed by atoms with Crippen LogP contribution in [0.1, 0.15) is 29.5 Å². The summed E-state index contributed by atoms with van der Waals surface area (Å²) in [5, 5.41) is 0. The Morgan fingerprint density at radius 2 is 1.85 bits per heavy atom. The second-order valence-corrected chi connectivity index (χ2v) is 5.23. The molecule has 0 bridgehead atoms. The summed E-state index contributed by atoms with van der Waals surface area (Å²) in [6.07, 6.45) is 0.954. The number of nitrogens with two attached hydrogens (primary N) is 1. The van der Waals surface area contributed by atoms with E-state index in [2.05, 4.69) is 17.6 Å². The maximum atomic E-state index is 13.9. The molecule has 1 aliphatic rings. The number of rotatable bonds is 4. The van der Waals surface area contributed by atoms with Crippen LogP contribution in [0.5, 0.6) is 0 Å². The summed E-state index contributed by atoms with van der Waals surface area (Å²) in [6.45, 7) is 0. The van der Waals surface area contributed by atoms with Crippen LogP contribution in [0.15, 0.2) is 48.5 Å². The van der Waals surface area contributed by atoms with Gasteiger partial charge < -0.3 is 0 Å². The molecule has 2 aromatic rings. The van der Waals surface area contributed by atoms with Gasteiger partial charge in [0.15, 0.2) is 0 Å². The van der Waals surface area contributed by atoms with Gasteiger partial charge in [0.05, 0.1) is 6.04 Å². The van der Waals surface area contributed by atoms with Gasteiger partial charge in [-0.15, -0.1) is 0 Å². The zero-order chi connectivity index (χ0) is 14.1. The van der Waals surface area contributed by atoms with E-state index in [0.29, 0.717) is 11.5 Å². The molecular formula is C16H16F2N2. The fourth-order valence-corrected chi connectivity index (χ4v) is 2.86. The Kier molecular flexibility index (Phi) is 3.51. The highest BCUT2D eigenvalue weighted by Crippen LogP contribution is 2.54. The van der Waals surface area contributed by atoms with Crippen LogP contribution in [0.4, 0.5) is 8.78 Å². The fourth-order valence-electron chi connectivity index (χ4n) is 2.86. The monoisotopic (exact) mass is 274 g/mol. The summed E-state index contributed by atoms with van der Waals surface area (Å²) in [7, 11) is 0. The van der Waals surface area contributed by atoms with E-state index in [1.807, 2.05) is 18.2 Å². The van der Waals surface area contributed by atoms with Crippen molar-refractivity contribution in [1.82, 2.24) is 5.43 Å². The van der Waals surface area contributed by atoms with Crippen LogP contribution in [-0.4, -0.2) is 0 Å². The lowest BCUT2D eigenvalue weighted by Crippen LogP contribution is -2.30. The van der Waals surface area contributed by atoms with Gasteiger partial charge in [-0.2, -0.15) is 0 Å². The minimum absolute atomic E-state index is 0.238. The number of benzene rings is 2. The van der Waals surface area contributed by atoms with Gasteiger partial charge in [0.25, 0.3) is 0 Å². The lowest BCUT2D eigenvalue weighted by atomic mass is 9.99. The zero-order valence-electron chi connectivity index (χ0n) is 10.9. The molecule has 3 unspecified atom stereocenters. The van der Waals surface area contributed by atoms with E-state index >= 15 is 0 Å². The lowest BCUT2D eigenvalue weighted by Gasteiger charge is -2.17. The first kappa shape index (κ1) is 13.2. The van der Waals surface area contributed by atoms with Crippen LogP contribution in [0.25, 0.3) is 0 Å². The molecule has 0 amide bonds. The van der Waals surface area contributed by atoms with Gasteiger partial charge in [-0.1, -0.05) is 36.4 Å². The third kappa shape index (κ3) is 2.44. The summed E-state index contributed by atoms with van der Waals surface area (Å²) < 4.78 is 26.9. The Balaban J connectivity index is 1.82. The minimum atomic E-state index is -0.572. The Labute approximate surface area is 116 Å². The summed E-state index contributed by atoms with van der Waals surface area (Å²) in [6, 6.07) is 13.4. The van der Waals surface area contributed by atoms with Crippen molar-refractivity contribution in [3.63, 3.8) is 0 Å². The fraction of sp³-hybridized carbons (Fsp3) is 0.250. The van der Waals surface area contributed by atoms with E-state index in [-0.39, 0.29) is 12.0 Å². The first-order valence-electron chi connectivity index (χ1n) is 6.66. The highest BCUT2D eigenvalue weighted by molar-refractivity contribution is 5.31. The van der Waals surface area contributed by atoms with E-state index in [9.17, 15) is 8.78 Å². The van der Waals surface area contributed by atoms with E-state index in [0.717, 1.165) is 12.5 Å². The topological polar surface area (TPSA) is 38.0 Å². The predicted octanol–water partition coefficient (Wildman–Crippen LogP) is 3.27. The first-order chi connectivity index (χ1) is 9.70. The molecule has 104 valence electrons. The van der Waals surface area contributed by atoms with Crippen LogP contribution in [-0.2, 0) is 0 Å². The molecule has 1 saturated carbocycles. The van der Waals surface area contributed by atoms with E-state index in [1.54, 1.807) is 0 Å². The maximum absolute atomic E-state index is 13.9. The molecule has 0 radical (unpaired) electrons. The van der Waals surface area contributed by atoms with Crippen molar-refractivity contribution < 1.29 is 8.78 Å². The smallest absolute Gasteiger partial charge is 0.130 e. The largest absolute Gasteiger partial charge is 0.271 e. The Morgan fingerprint density at radius 3 is 2.50 bits per heavy atom. The average molecular weight is 274 g/mol. The molecule has 0 saturated heterocycles. The summed E-state index contributed by atoms with van der Waals surface area (Å²) in [5.41, 5.74) is 4.34. The molecule has 3 rings (SSSR count). The molecule has 0 aliphatic heterocycles. The van der Waals surface area contributed by atoms with Gasteiger partial charge in [0.2, 0.25) is 0 Å². The number of hydrazine groups is 1. The number of hydrogen-bond donors (Lipinski definition) is 2. The van der Waals surface area contributed by atoms with Crippen molar-refractivity contribution in [2.24, 2.45) is 11.8 Å². The Hall–Kier alpha value is -1.78. The highest BCUT2D eigenvalue weighted by Gasteiger charge is 2.44. The number of halogens is 2. The molecule has 0 aromatic heterocycles. The number of nitrogens with one attached hydrogen (secondary N) is 1. The molecule has 1 aliphatic carbocycles. The van der Waals surface area contributed by atoms with Gasteiger partial charge >= 0.3 is 0 Å². The van der Waals surface area contributed by atoms with Crippen LogP contribution in [0.3, 0.4) is 0 Å². The average Bonchev–Trinajstić information content (AvgIpc) is 3.23. The molecule has 4 heteroatoms. The Bertz CT molecular complexity index is 601. The van der Waals surface area contributed by atoms with Gasteiger partial charge in [-0.3, -0.25) is 11.3 Å². The molecule has 20 heavy (non-hydrogen) atoms. The quantitative estimate of drug-likeness (QED) is 0.663. The maximum Gasteiger partial charge on any atom is 0.130 e. The molecule has 0 spiro atoms. The number of hydrogen-bond acceptors (Lipinski definition) is 2. The first-order valence-corrected chi connectivity index (χ1v) is 6.66. The second kappa shape index (κ2) is 5.31. The van der Waals surface area contributed by atoms with Crippen molar-refractivity contribution in [3.8, 4) is 0 Å². The summed E-state index contributed by atoms with van der Waals surface area (Å²) in [5.74, 6) is 5.08. The molecule has 1 fully saturated rings. The lowest BCUT2D eigenvalue weighted by molar-refractivity contribution is 0.458. The van der Waals surface area contributed by atoms with E-state index in [4.69, 9.17) is 5.84 Å². The molecule has 2 aromatic carbocycles. The van der Waals surface area contributed by atoms with Crippen molar-refractivity contribution in [2.45, 2.75) is 18.4 Å². The van der Waals surface area contributed by atoms with Crippen molar-refractivity contribution in [2.75, 3.05) is 0 Å². The SMILES string of the molecule is NNC(c1ccc(F)cc1F)C1CC1c1ccccc1. The molecule has 3 atom stereocenters. The van der Waals surface area contributed by atoms with E-state index < -0.39 is 11.6 Å². The summed E-state index contributed by atoms with van der Waals surface area (Å²) in [4.78, 5) is 0. The minimum Gasteiger partial charge on any atom is -0.271 e. The molecule has 0 heterocycles. The van der Waals surface area contributed by atoms with Gasteiger partial charge in [0, 0.05) is 11.6 Å². The normalized spacial score (nSPS) is 22.6. The third-order valence-electron chi connectivity index (χ3n) is 3.97. The van der Waals surface area contributed by atoms with Crippen molar-refractivity contribution >= 4 is 0 Å². The predicted molar refractivity (Wildman–Crippen MR) is 73.7 cm³/mol. The molecule has 3 N–H and O–H groups in total. The third-order valence-corrected chi connectivity index (χ3v) is 3.97. The second-order valence-electron chi connectivity index (χ2n) is 5.23. The van der Waals surface area contributed by atoms with Gasteiger partial charge in [0.1, 0.15) is 11.6 Å². The van der Waals surface area contributed by atoms with Crippen LogP contribution in [0, 0.1) is 17.6 Å². The van der Waals surface area contributed by atoms with Gasteiger partial charge in [-0.25, -0.2) is 8.78 Å². The standard InChI is InChI=1S/C16H16F2N2/c17-11-6-7-12(15(18)8-11)16(20-19)14-9-13(14)10-4-2-1-3-5-10/h1-8,13-14,16,20H,9,19H2. The van der Waals surface area contributed by atoms with Gasteiger partial charge in [-0.05, 0) is 29.9 Å². The highest BCUT2D eigenvalue weighted by atomic mass is 19.1. The van der Waals surface area contributed by atoms with Crippen LogP contribution < -0.4 is 11.3 Å². The van der Waals surface area contributed by atoms with Crippen molar-refractivity contribution in [1.29, 1.82) is 0 Å². The Morgan fingerprint density at radius 1 is 1.10 bits per heavy atom.